The van der Waals surface area contributed by atoms with Gasteiger partial charge in [-0.2, -0.15) is 5.10 Å². The van der Waals surface area contributed by atoms with Gasteiger partial charge in [-0.1, -0.05) is 24.3 Å². The van der Waals surface area contributed by atoms with Crippen molar-refractivity contribution in [2.45, 2.75) is 0 Å². The van der Waals surface area contributed by atoms with Crippen molar-refractivity contribution >= 4 is 23.8 Å². The number of aromatic nitrogens is 1. The Morgan fingerprint density at radius 2 is 1.68 bits per heavy atom. The van der Waals surface area contributed by atoms with E-state index in [0.29, 0.717) is 11.1 Å². The number of nitrogens with one attached hydrogen (secondary N) is 1. The molecule has 0 bridgehead atoms. The van der Waals surface area contributed by atoms with E-state index in [0.717, 1.165) is 5.69 Å². The van der Waals surface area contributed by atoms with Gasteiger partial charge in [0.15, 0.2) is 0 Å². The molecule has 0 saturated heterocycles. The molecule has 0 spiro atoms. The van der Waals surface area contributed by atoms with E-state index in [1.54, 1.807) is 24.3 Å². The third kappa shape index (κ3) is 5.22. The SMILES string of the molecule is O=C(N/N=C/c1cccc(OC(=O)c2ccccc2[N+](=O)[O-])c1)c1ccc(-n2cccc2)cc1. The number of hydrogen-bond acceptors (Lipinski definition) is 6. The molecule has 1 aromatic heterocycles. The van der Waals surface area contributed by atoms with Crippen LogP contribution in [0.2, 0.25) is 0 Å². The second-order valence-corrected chi connectivity index (χ2v) is 7.07. The van der Waals surface area contributed by atoms with E-state index in [1.165, 1.54) is 42.6 Å². The Labute approximate surface area is 194 Å². The fourth-order valence-corrected chi connectivity index (χ4v) is 3.15. The Balaban J connectivity index is 1.38. The van der Waals surface area contributed by atoms with Crippen LogP contribution in [0.1, 0.15) is 26.3 Å². The van der Waals surface area contributed by atoms with Gasteiger partial charge in [0.2, 0.25) is 0 Å². The Morgan fingerprint density at radius 3 is 2.41 bits per heavy atom. The molecule has 0 aliphatic carbocycles. The van der Waals surface area contributed by atoms with Gasteiger partial charge in [0.25, 0.3) is 11.6 Å². The molecule has 9 heteroatoms. The molecule has 4 rings (SSSR count). The second-order valence-electron chi connectivity index (χ2n) is 7.07. The molecule has 0 saturated carbocycles. The molecular formula is C25H18N4O5. The Kier molecular flexibility index (Phi) is 6.55. The highest BCUT2D eigenvalue weighted by Gasteiger charge is 2.21. The van der Waals surface area contributed by atoms with Crippen LogP contribution in [-0.2, 0) is 0 Å². The zero-order chi connectivity index (χ0) is 23.9. The van der Waals surface area contributed by atoms with E-state index in [1.807, 2.05) is 41.2 Å². The lowest BCUT2D eigenvalue weighted by molar-refractivity contribution is -0.385. The minimum Gasteiger partial charge on any atom is -0.423 e. The van der Waals surface area contributed by atoms with Crippen molar-refractivity contribution in [3.63, 3.8) is 0 Å². The smallest absolute Gasteiger partial charge is 0.350 e. The van der Waals surface area contributed by atoms with E-state index in [4.69, 9.17) is 4.74 Å². The summed E-state index contributed by atoms with van der Waals surface area (Å²) < 4.78 is 7.20. The summed E-state index contributed by atoms with van der Waals surface area (Å²) in [5.74, 6) is -1.05. The predicted octanol–water partition coefficient (Wildman–Crippen LogP) is 4.37. The molecule has 1 N–H and O–H groups in total. The van der Waals surface area contributed by atoms with Crippen LogP contribution in [-0.4, -0.2) is 27.6 Å². The highest BCUT2D eigenvalue weighted by atomic mass is 16.6. The highest BCUT2D eigenvalue weighted by molar-refractivity contribution is 5.96. The summed E-state index contributed by atoms with van der Waals surface area (Å²) in [5, 5.41) is 15.1. The molecule has 1 heterocycles. The number of hydrogen-bond donors (Lipinski definition) is 1. The third-order valence-corrected chi connectivity index (χ3v) is 4.80. The van der Waals surface area contributed by atoms with Crippen molar-refractivity contribution < 1.29 is 19.2 Å². The summed E-state index contributed by atoms with van der Waals surface area (Å²) in [6.07, 6.45) is 5.21. The maximum Gasteiger partial charge on any atom is 0.350 e. The molecule has 0 aliphatic heterocycles. The maximum atomic E-state index is 12.4. The van der Waals surface area contributed by atoms with Gasteiger partial charge in [0.05, 0.1) is 11.1 Å². The molecule has 34 heavy (non-hydrogen) atoms. The first-order chi connectivity index (χ1) is 16.5. The average molecular weight is 454 g/mol. The number of esters is 1. The van der Waals surface area contributed by atoms with Gasteiger partial charge in [0, 0.05) is 29.7 Å². The number of hydrazone groups is 1. The number of carbonyl (C=O) groups excluding carboxylic acids is 2. The Hall–Kier alpha value is -5.05. The number of nitro benzene ring substituents is 1. The van der Waals surface area contributed by atoms with Gasteiger partial charge >= 0.3 is 5.97 Å². The number of para-hydroxylation sites is 1. The van der Waals surface area contributed by atoms with E-state index < -0.39 is 10.9 Å². The van der Waals surface area contributed by atoms with Crippen LogP contribution in [0.4, 0.5) is 5.69 Å². The molecule has 0 fully saturated rings. The number of nitro groups is 1. The van der Waals surface area contributed by atoms with Crippen molar-refractivity contribution in [2.75, 3.05) is 0 Å². The van der Waals surface area contributed by atoms with Crippen molar-refractivity contribution in [2.24, 2.45) is 5.10 Å². The van der Waals surface area contributed by atoms with E-state index in [-0.39, 0.29) is 22.9 Å². The van der Waals surface area contributed by atoms with Crippen LogP contribution in [0.5, 0.6) is 5.75 Å². The molecule has 4 aromatic rings. The van der Waals surface area contributed by atoms with Crippen LogP contribution >= 0.6 is 0 Å². The summed E-state index contributed by atoms with van der Waals surface area (Å²) in [7, 11) is 0. The maximum absolute atomic E-state index is 12.4. The lowest BCUT2D eigenvalue weighted by Crippen LogP contribution is -2.17. The van der Waals surface area contributed by atoms with Crippen molar-refractivity contribution in [1.82, 2.24) is 9.99 Å². The second kappa shape index (κ2) is 10.0. The van der Waals surface area contributed by atoms with Crippen LogP contribution in [0.15, 0.2) is 102 Å². The van der Waals surface area contributed by atoms with Crippen LogP contribution in [0, 0.1) is 10.1 Å². The molecule has 0 unspecified atom stereocenters. The normalized spacial score (nSPS) is 10.7. The number of benzene rings is 3. The summed E-state index contributed by atoms with van der Waals surface area (Å²) >= 11 is 0. The molecule has 9 nitrogen and oxygen atoms in total. The first-order valence-electron chi connectivity index (χ1n) is 10.1. The molecule has 168 valence electrons. The highest BCUT2D eigenvalue weighted by Crippen LogP contribution is 2.21. The van der Waals surface area contributed by atoms with Crippen molar-refractivity contribution in [3.05, 3.63) is 124 Å². The van der Waals surface area contributed by atoms with Crippen molar-refractivity contribution in [1.29, 1.82) is 0 Å². The van der Waals surface area contributed by atoms with Crippen molar-refractivity contribution in [3.8, 4) is 11.4 Å². The summed E-state index contributed by atoms with van der Waals surface area (Å²) in [6.45, 7) is 0. The lowest BCUT2D eigenvalue weighted by Gasteiger charge is -2.06. The Morgan fingerprint density at radius 1 is 0.941 bits per heavy atom. The minimum atomic E-state index is -0.849. The van der Waals surface area contributed by atoms with Gasteiger partial charge in [-0.05, 0) is 60.2 Å². The average Bonchev–Trinajstić information content (AvgIpc) is 3.39. The Bertz CT molecular complexity index is 1360. The number of amides is 1. The number of ether oxygens (including phenoxy) is 1. The quantitative estimate of drug-likeness (QED) is 0.146. The molecule has 3 aromatic carbocycles. The van der Waals surface area contributed by atoms with Gasteiger partial charge < -0.3 is 9.30 Å². The monoisotopic (exact) mass is 454 g/mol. The van der Waals surface area contributed by atoms with Crippen LogP contribution in [0.25, 0.3) is 5.69 Å². The number of rotatable bonds is 7. The van der Waals surface area contributed by atoms with Gasteiger partial charge in [-0.15, -0.1) is 0 Å². The molecular weight excluding hydrogens is 436 g/mol. The first kappa shape index (κ1) is 22.2. The van der Waals surface area contributed by atoms with E-state index in [9.17, 15) is 19.7 Å². The predicted molar refractivity (Wildman–Crippen MR) is 125 cm³/mol. The summed E-state index contributed by atoms with van der Waals surface area (Å²) in [4.78, 5) is 35.2. The standard InChI is InChI=1S/C25H18N4O5/c30-24(19-10-12-20(13-11-19)28-14-3-4-15-28)27-26-17-18-6-5-7-21(16-18)34-25(31)22-8-1-2-9-23(22)29(32)33/h1-17H,(H,27,30)/b26-17+. The zero-order valence-electron chi connectivity index (χ0n) is 17.7. The first-order valence-corrected chi connectivity index (χ1v) is 10.1. The van der Waals surface area contributed by atoms with Gasteiger partial charge in [-0.3, -0.25) is 14.9 Å². The fourth-order valence-electron chi connectivity index (χ4n) is 3.15. The van der Waals surface area contributed by atoms with Crippen LogP contribution in [0.3, 0.4) is 0 Å². The molecule has 1 amide bonds. The summed E-state index contributed by atoms with van der Waals surface area (Å²) in [6, 6.07) is 22.8. The molecule has 0 atom stereocenters. The topological polar surface area (TPSA) is 116 Å². The number of nitrogens with zero attached hydrogens (tertiary/aromatic N) is 3. The van der Waals surface area contributed by atoms with Crippen LogP contribution < -0.4 is 10.2 Å². The van der Waals surface area contributed by atoms with E-state index >= 15 is 0 Å². The third-order valence-electron chi connectivity index (χ3n) is 4.80. The largest absolute Gasteiger partial charge is 0.423 e. The van der Waals surface area contributed by atoms with Gasteiger partial charge in [0.1, 0.15) is 11.3 Å². The molecule has 0 aliphatic rings. The number of carbonyl (C=O) groups is 2. The fraction of sp³-hybridized carbons (Fsp3) is 0. The molecule has 0 radical (unpaired) electrons. The lowest BCUT2D eigenvalue weighted by atomic mass is 10.2. The van der Waals surface area contributed by atoms with E-state index in [2.05, 4.69) is 10.5 Å². The minimum absolute atomic E-state index is 0.151. The summed E-state index contributed by atoms with van der Waals surface area (Å²) in [5.41, 5.74) is 3.88. The van der Waals surface area contributed by atoms with Gasteiger partial charge in [-0.25, -0.2) is 10.2 Å². The zero-order valence-corrected chi connectivity index (χ0v) is 17.7.